The van der Waals surface area contributed by atoms with Gasteiger partial charge in [0, 0.05) is 16.7 Å². The number of rotatable bonds is 1. The third-order valence-electron chi connectivity index (χ3n) is 0.935. The third kappa shape index (κ3) is 1.54. The Morgan fingerprint density at radius 2 is 2.33 bits per heavy atom. The van der Waals surface area contributed by atoms with E-state index in [-0.39, 0.29) is 0 Å². The van der Waals surface area contributed by atoms with Crippen molar-refractivity contribution in [1.29, 1.82) is 0 Å². The maximum Gasteiger partial charge on any atom is 0.150 e. The van der Waals surface area contributed by atoms with Crippen molar-refractivity contribution in [3.8, 4) is 0 Å². The van der Waals surface area contributed by atoms with Gasteiger partial charge in [0.15, 0.2) is 0 Å². The second-order valence-corrected chi connectivity index (χ2v) is 1.99. The van der Waals surface area contributed by atoms with Crippen molar-refractivity contribution in [2.24, 2.45) is 0 Å². The molecule has 1 nitrogen and oxygen atoms in total. The molecule has 0 heterocycles. The smallest absolute Gasteiger partial charge is 0.150 e. The van der Waals surface area contributed by atoms with Crippen LogP contribution >= 0.6 is 11.6 Å². The molecular weight excluding hydrogens is 136 g/mol. The van der Waals surface area contributed by atoms with Gasteiger partial charge in [-0.2, -0.15) is 0 Å². The van der Waals surface area contributed by atoms with E-state index < -0.39 is 0 Å². The van der Waals surface area contributed by atoms with Crippen molar-refractivity contribution in [2.45, 2.75) is 0 Å². The van der Waals surface area contributed by atoms with Crippen molar-refractivity contribution in [3.05, 3.63) is 34.9 Å². The standard InChI is InChI=1S/C7H4ClO/c8-7-3-1-6(5-9)2-4-7/h1-3,5H. The first-order chi connectivity index (χ1) is 4.33. The van der Waals surface area contributed by atoms with Crippen LogP contribution in [0.1, 0.15) is 10.4 Å². The van der Waals surface area contributed by atoms with Gasteiger partial charge in [-0.25, -0.2) is 0 Å². The Kier molecular flexibility index (Phi) is 1.85. The van der Waals surface area contributed by atoms with Crippen LogP contribution in [0.25, 0.3) is 0 Å². The SMILES string of the molecule is O=Cc1c[c]c(Cl)cc1. The third-order valence-corrected chi connectivity index (χ3v) is 1.17. The van der Waals surface area contributed by atoms with Gasteiger partial charge in [0.25, 0.3) is 0 Å². The van der Waals surface area contributed by atoms with Crippen LogP contribution in [0.4, 0.5) is 0 Å². The number of carbonyl (C=O) groups is 1. The van der Waals surface area contributed by atoms with Gasteiger partial charge in [-0.05, 0) is 12.1 Å². The molecule has 0 N–H and O–H groups in total. The largest absolute Gasteiger partial charge is 0.298 e. The van der Waals surface area contributed by atoms with E-state index in [9.17, 15) is 4.79 Å². The van der Waals surface area contributed by atoms with Crippen molar-refractivity contribution in [1.82, 2.24) is 0 Å². The molecule has 45 valence electrons. The van der Waals surface area contributed by atoms with Gasteiger partial charge >= 0.3 is 0 Å². The quantitative estimate of drug-likeness (QED) is 0.544. The predicted molar refractivity (Wildman–Crippen MR) is 35.7 cm³/mol. The van der Waals surface area contributed by atoms with E-state index in [1.54, 1.807) is 18.2 Å². The highest BCUT2D eigenvalue weighted by molar-refractivity contribution is 6.30. The minimum atomic E-state index is 0.528. The number of aldehydes is 1. The Balaban J connectivity index is 3.01. The second-order valence-electron chi connectivity index (χ2n) is 1.59. The molecule has 0 saturated carbocycles. The first-order valence-corrected chi connectivity index (χ1v) is 2.83. The molecule has 0 amide bonds. The zero-order valence-corrected chi connectivity index (χ0v) is 5.35. The van der Waals surface area contributed by atoms with Crippen LogP contribution in [0.2, 0.25) is 5.02 Å². The number of carbonyl (C=O) groups excluding carboxylic acids is 1. The molecule has 0 aliphatic carbocycles. The average Bonchev–Trinajstić information content (AvgIpc) is 1.90. The van der Waals surface area contributed by atoms with Crippen molar-refractivity contribution in [3.63, 3.8) is 0 Å². The molecule has 1 aromatic rings. The molecule has 0 aliphatic heterocycles. The first-order valence-electron chi connectivity index (χ1n) is 2.45. The normalized spacial score (nSPS) is 9.00. The van der Waals surface area contributed by atoms with Crippen molar-refractivity contribution in [2.75, 3.05) is 0 Å². The molecule has 2 heteroatoms. The number of hydrogen-bond acceptors (Lipinski definition) is 1. The van der Waals surface area contributed by atoms with E-state index in [2.05, 4.69) is 6.07 Å². The zero-order valence-electron chi connectivity index (χ0n) is 4.60. The molecule has 9 heavy (non-hydrogen) atoms. The summed E-state index contributed by atoms with van der Waals surface area (Å²) in [5, 5.41) is 0.528. The zero-order chi connectivity index (χ0) is 6.69. The van der Waals surface area contributed by atoms with E-state index in [0.717, 1.165) is 6.29 Å². The highest BCUT2D eigenvalue weighted by Crippen LogP contribution is 2.06. The topological polar surface area (TPSA) is 17.1 Å². The molecule has 1 rings (SSSR count). The number of benzene rings is 1. The van der Waals surface area contributed by atoms with E-state index in [0.29, 0.717) is 10.6 Å². The first kappa shape index (κ1) is 6.30. The van der Waals surface area contributed by atoms with E-state index in [1.165, 1.54) is 0 Å². The van der Waals surface area contributed by atoms with Gasteiger partial charge in [0.05, 0.1) is 0 Å². The molecule has 0 saturated heterocycles. The van der Waals surface area contributed by atoms with Gasteiger partial charge in [-0.1, -0.05) is 17.7 Å². The van der Waals surface area contributed by atoms with Crippen molar-refractivity contribution >= 4 is 17.9 Å². The molecule has 0 aromatic heterocycles. The lowest BCUT2D eigenvalue weighted by molar-refractivity contribution is 0.112. The van der Waals surface area contributed by atoms with E-state index in [1.807, 2.05) is 0 Å². The fourth-order valence-electron chi connectivity index (χ4n) is 0.491. The fourth-order valence-corrected chi connectivity index (χ4v) is 0.609. The van der Waals surface area contributed by atoms with Gasteiger partial charge in [-0.15, -0.1) is 0 Å². The van der Waals surface area contributed by atoms with Crippen LogP contribution in [-0.2, 0) is 0 Å². The summed E-state index contributed by atoms with van der Waals surface area (Å²) in [6.45, 7) is 0. The minimum Gasteiger partial charge on any atom is -0.298 e. The van der Waals surface area contributed by atoms with Crippen LogP contribution in [0.5, 0.6) is 0 Å². The minimum absolute atomic E-state index is 0.528. The van der Waals surface area contributed by atoms with E-state index >= 15 is 0 Å². The molecule has 0 aliphatic rings. The monoisotopic (exact) mass is 139 g/mol. The maximum atomic E-state index is 10.1. The van der Waals surface area contributed by atoms with Crippen molar-refractivity contribution < 1.29 is 4.79 Å². The fraction of sp³-hybridized carbons (Fsp3) is 0. The Hall–Kier alpha value is -0.820. The van der Waals surface area contributed by atoms with Gasteiger partial charge in [0.2, 0.25) is 0 Å². The Morgan fingerprint density at radius 3 is 2.78 bits per heavy atom. The van der Waals surface area contributed by atoms with Gasteiger partial charge < -0.3 is 0 Å². The summed E-state index contributed by atoms with van der Waals surface area (Å²) in [4.78, 5) is 10.1. The number of hydrogen-bond donors (Lipinski definition) is 0. The summed E-state index contributed by atoms with van der Waals surface area (Å²) in [6, 6.07) is 7.51. The van der Waals surface area contributed by atoms with Crippen LogP contribution in [0.15, 0.2) is 18.2 Å². The number of halogens is 1. The lowest BCUT2D eigenvalue weighted by atomic mass is 10.2. The van der Waals surface area contributed by atoms with E-state index in [4.69, 9.17) is 11.6 Å². The highest BCUT2D eigenvalue weighted by atomic mass is 35.5. The molecule has 0 atom stereocenters. The molecule has 1 radical (unpaired) electrons. The molecule has 1 aromatic carbocycles. The Bertz CT molecular complexity index is 203. The highest BCUT2D eigenvalue weighted by Gasteiger charge is 1.87. The predicted octanol–water partition coefficient (Wildman–Crippen LogP) is 1.95. The summed E-state index contributed by atoms with van der Waals surface area (Å²) in [6.07, 6.45) is 0.757. The average molecular weight is 140 g/mol. The maximum absolute atomic E-state index is 10.1. The van der Waals surface area contributed by atoms with Crippen LogP contribution in [0.3, 0.4) is 0 Å². The molecule has 0 fully saturated rings. The summed E-state index contributed by atoms with van der Waals surface area (Å²) in [5.41, 5.74) is 0.597. The summed E-state index contributed by atoms with van der Waals surface area (Å²) >= 11 is 5.50. The Morgan fingerprint density at radius 1 is 1.56 bits per heavy atom. The lowest BCUT2D eigenvalue weighted by Crippen LogP contribution is -1.75. The van der Waals surface area contributed by atoms with Crippen LogP contribution < -0.4 is 0 Å². The summed E-state index contributed by atoms with van der Waals surface area (Å²) in [5.74, 6) is 0. The second kappa shape index (κ2) is 2.65. The molecule has 0 bridgehead atoms. The summed E-state index contributed by atoms with van der Waals surface area (Å²) < 4.78 is 0. The Labute approximate surface area is 58.3 Å². The molecular formula is C7H4ClO. The lowest BCUT2D eigenvalue weighted by Gasteiger charge is -1.86. The summed E-state index contributed by atoms with van der Waals surface area (Å²) in [7, 11) is 0. The van der Waals surface area contributed by atoms with Gasteiger partial charge in [-0.3, -0.25) is 4.79 Å². The molecule has 0 spiro atoms. The van der Waals surface area contributed by atoms with Crippen LogP contribution in [-0.4, -0.2) is 6.29 Å². The van der Waals surface area contributed by atoms with Crippen LogP contribution in [0, 0.1) is 6.07 Å². The van der Waals surface area contributed by atoms with Gasteiger partial charge in [0.1, 0.15) is 6.29 Å². The molecule has 0 unspecified atom stereocenters.